The third-order valence-electron chi connectivity index (χ3n) is 2.68. The lowest BCUT2D eigenvalue weighted by atomic mass is 10.2. The van der Waals surface area contributed by atoms with E-state index in [0.29, 0.717) is 0 Å². The fourth-order valence-electron chi connectivity index (χ4n) is 1.53. The van der Waals surface area contributed by atoms with Crippen LogP contribution in [-0.2, 0) is 0 Å². The second-order valence-corrected chi connectivity index (χ2v) is 4.71. The molecule has 0 heterocycles. The van der Waals surface area contributed by atoms with Crippen molar-refractivity contribution >= 4 is 9.68 Å². The predicted molar refractivity (Wildman–Crippen MR) is 55.8 cm³/mol. The number of hydrogen-bond donors (Lipinski definition) is 0. The van der Waals surface area contributed by atoms with Gasteiger partial charge in [0.25, 0.3) is 0 Å². The van der Waals surface area contributed by atoms with Crippen molar-refractivity contribution in [3.05, 3.63) is 0 Å². The van der Waals surface area contributed by atoms with Crippen LogP contribution in [0.25, 0.3) is 0 Å². The molecule has 0 radical (unpaired) electrons. The van der Waals surface area contributed by atoms with E-state index >= 15 is 0 Å². The topological polar surface area (TPSA) is 3.24 Å². The van der Waals surface area contributed by atoms with Gasteiger partial charge in [-0.05, 0) is 24.9 Å². The molecule has 0 N–H and O–H groups in total. The summed E-state index contributed by atoms with van der Waals surface area (Å²) in [6.07, 6.45) is 2.59. The lowest BCUT2D eigenvalue weighted by molar-refractivity contribution is 0.269. The first-order valence-corrected chi connectivity index (χ1v) is 6.97. The molecule has 0 aliphatic heterocycles. The molecule has 0 aromatic heterocycles. The first-order chi connectivity index (χ1) is 5.17. The molecular weight excluding hydrogens is 150 g/mol. The standard InChI is InChI=1S/C9H23NSi/c1-6-8(3)10(11-5)9(4)7-2/h8-9H,6-7,11H2,1-5H3. The second-order valence-electron chi connectivity index (χ2n) is 3.34. The molecule has 0 saturated heterocycles. The Morgan fingerprint density at radius 2 is 1.45 bits per heavy atom. The maximum Gasteiger partial charge on any atom is 0.0926 e. The summed E-state index contributed by atoms with van der Waals surface area (Å²) >= 11 is 0. The smallest absolute Gasteiger partial charge is 0.0926 e. The third kappa shape index (κ3) is 3.39. The molecule has 0 aromatic carbocycles. The van der Waals surface area contributed by atoms with E-state index in [-0.39, 0.29) is 9.68 Å². The van der Waals surface area contributed by atoms with Gasteiger partial charge in [0.15, 0.2) is 0 Å². The molecule has 0 spiro atoms. The van der Waals surface area contributed by atoms with Crippen LogP contribution >= 0.6 is 0 Å². The number of nitrogens with zero attached hydrogens (tertiary/aromatic N) is 1. The van der Waals surface area contributed by atoms with E-state index in [1.165, 1.54) is 12.8 Å². The van der Waals surface area contributed by atoms with Crippen LogP contribution in [-0.4, -0.2) is 26.3 Å². The van der Waals surface area contributed by atoms with Gasteiger partial charge in [0.2, 0.25) is 0 Å². The predicted octanol–water partition coefficient (Wildman–Crippen LogP) is 2.02. The fraction of sp³-hybridized carbons (Fsp3) is 1.00. The van der Waals surface area contributed by atoms with Gasteiger partial charge in [-0.2, -0.15) is 0 Å². The number of hydrogen-bond acceptors (Lipinski definition) is 1. The van der Waals surface area contributed by atoms with Crippen molar-refractivity contribution in [3.8, 4) is 0 Å². The summed E-state index contributed by atoms with van der Waals surface area (Å²) in [6.45, 7) is 11.7. The average molecular weight is 173 g/mol. The maximum atomic E-state index is 2.71. The zero-order chi connectivity index (χ0) is 8.85. The van der Waals surface area contributed by atoms with E-state index in [1.807, 2.05) is 0 Å². The van der Waals surface area contributed by atoms with Crippen molar-refractivity contribution in [2.75, 3.05) is 0 Å². The van der Waals surface area contributed by atoms with E-state index in [2.05, 4.69) is 38.8 Å². The van der Waals surface area contributed by atoms with E-state index in [4.69, 9.17) is 0 Å². The molecule has 0 aliphatic carbocycles. The van der Waals surface area contributed by atoms with Crippen molar-refractivity contribution in [2.24, 2.45) is 0 Å². The van der Waals surface area contributed by atoms with E-state index in [9.17, 15) is 0 Å². The average Bonchev–Trinajstić information content (AvgIpc) is 2.05. The highest BCUT2D eigenvalue weighted by molar-refractivity contribution is 6.30. The molecule has 0 fully saturated rings. The summed E-state index contributed by atoms with van der Waals surface area (Å²) in [6, 6.07) is 1.61. The van der Waals surface area contributed by atoms with Gasteiger partial charge in [0.1, 0.15) is 0 Å². The SMILES string of the molecule is CCC(C)N([SiH2]C)C(C)CC. The minimum atomic E-state index is 0.0444. The molecule has 1 nitrogen and oxygen atoms in total. The highest BCUT2D eigenvalue weighted by Crippen LogP contribution is 2.09. The van der Waals surface area contributed by atoms with Crippen molar-refractivity contribution in [1.29, 1.82) is 0 Å². The van der Waals surface area contributed by atoms with Crippen molar-refractivity contribution in [1.82, 2.24) is 4.57 Å². The zero-order valence-electron chi connectivity index (χ0n) is 8.72. The van der Waals surface area contributed by atoms with E-state index in [1.54, 1.807) is 0 Å². The molecule has 2 unspecified atom stereocenters. The second kappa shape index (κ2) is 5.78. The summed E-state index contributed by atoms with van der Waals surface area (Å²) in [7, 11) is 0.0444. The van der Waals surface area contributed by atoms with Crippen LogP contribution in [0.2, 0.25) is 6.55 Å². The molecule has 11 heavy (non-hydrogen) atoms. The first kappa shape index (κ1) is 11.2. The van der Waals surface area contributed by atoms with Crippen LogP contribution < -0.4 is 0 Å². The van der Waals surface area contributed by atoms with Crippen LogP contribution in [0.4, 0.5) is 0 Å². The summed E-state index contributed by atoms with van der Waals surface area (Å²) in [4.78, 5) is 0. The molecule has 0 bridgehead atoms. The Morgan fingerprint density at radius 3 is 1.64 bits per heavy atom. The van der Waals surface area contributed by atoms with Gasteiger partial charge in [0.05, 0.1) is 9.68 Å². The van der Waals surface area contributed by atoms with Crippen molar-refractivity contribution in [2.45, 2.75) is 59.2 Å². The maximum absolute atomic E-state index is 2.71. The molecule has 0 saturated carbocycles. The van der Waals surface area contributed by atoms with Crippen LogP contribution in [0.1, 0.15) is 40.5 Å². The summed E-state index contributed by atoms with van der Waals surface area (Å²) < 4.78 is 2.71. The fourth-order valence-corrected chi connectivity index (χ4v) is 3.29. The summed E-state index contributed by atoms with van der Waals surface area (Å²) in [5.74, 6) is 0. The minimum Gasteiger partial charge on any atom is -0.325 e. The largest absolute Gasteiger partial charge is 0.325 e. The van der Waals surface area contributed by atoms with Crippen LogP contribution in [0.3, 0.4) is 0 Å². The molecule has 0 aliphatic rings. The van der Waals surface area contributed by atoms with Gasteiger partial charge < -0.3 is 4.57 Å². The summed E-state index contributed by atoms with van der Waals surface area (Å²) in [5, 5.41) is 0. The molecule has 2 atom stereocenters. The molecule has 0 rings (SSSR count). The van der Waals surface area contributed by atoms with Crippen LogP contribution in [0.15, 0.2) is 0 Å². The molecule has 68 valence electrons. The van der Waals surface area contributed by atoms with Gasteiger partial charge in [-0.15, -0.1) is 0 Å². The highest BCUT2D eigenvalue weighted by atomic mass is 28.2. The van der Waals surface area contributed by atoms with Crippen LogP contribution in [0.5, 0.6) is 0 Å². The molecular formula is C9H23NSi. The normalized spacial score (nSPS) is 18.0. The monoisotopic (exact) mass is 173 g/mol. The zero-order valence-corrected chi connectivity index (χ0v) is 10.1. The lowest BCUT2D eigenvalue weighted by Crippen LogP contribution is -2.41. The Morgan fingerprint density at radius 1 is 1.09 bits per heavy atom. The van der Waals surface area contributed by atoms with Gasteiger partial charge >= 0.3 is 0 Å². The highest BCUT2D eigenvalue weighted by Gasteiger charge is 2.14. The van der Waals surface area contributed by atoms with E-state index in [0.717, 1.165) is 12.1 Å². The van der Waals surface area contributed by atoms with Gasteiger partial charge in [-0.1, -0.05) is 34.2 Å². The van der Waals surface area contributed by atoms with Crippen LogP contribution in [0, 0.1) is 0 Å². The quantitative estimate of drug-likeness (QED) is 0.575. The molecule has 0 amide bonds. The number of rotatable bonds is 5. The third-order valence-corrected chi connectivity index (χ3v) is 4.66. The molecule has 0 aromatic rings. The molecule has 2 heteroatoms. The Balaban J connectivity index is 3.92. The van der Waals surface area contributed by atoms with Gasteiger partial charge in [-0.3, -0.25) is 0 Å². The Labute approximate surface area is 74.1 Å². The Bertz CT molecular complexity index is 85.6. The van der Waals surface area contributed by atoms with Gasteiger partial charge in [-0.25, -0.2) is 0 Å². The summed E-state index contributed by atoms with van der Waals surface area (Å²) in [5.41, 5.74) is 0. The Kier molecular flexibility index (Phi) is 5.87. The Hall–Kier alpha value is 0.177. The first-order valence-electron chi connectivity index (χ1n) is 4.93. The van der Waals surface area contributed by atoms with Gasteiger partial charge in [0, 0.05) is 0 Å². The lowest BCUT2D eigenvalue weighted by Gasteiger charge is -2.32. The van der Waals surface area contributed by atoms with Crippen molar-refractivity contribution < 1.29 is 0 Å². The minimum absolute atomic E-state index is 0.0444. The van der Waals surface area contributed by atoms with E-state index < -0.39 is 0 Å². The van der Waals surface area contributed by atoms with Crippen molar-refractivity contribution in [3.63, 3.8) is 0 Å².